The topological polar surface area (TPSA) is 41.1 Å². The van der Waals surface area contributed by atoms with Gasteiger partial charge in [-0.05, 0) is 25.3 Å². The lowest BCUT2D eigenvalue weighted by molar-refractivity contribution is 0.436. The van der Waals surface area contributed by atoms with E-state index >= 15 is 0 Å². The molecule has 2 heterocycles. The van der Waals surface area contributed by atoms with Gasteiger partial charge in [0.15, 0.2) is 0 Å². The Morgan fingerprint density at radius 3 is 2.88 bits per heavy atom. The predicted octanol–water partition coefficient (Wildman–Crippen LogP) is 1.69. The van der Waals surface area contributed by atoms with Gasteiger partial charge in [-0.3, -0.25) is 0 Å². The Balaban J connectivity index is 2.02. The highest BCUT2D eigenvalue weighted by molar-refractivity contribution is 5.41. The van der Waals surface area contributed by atoms with E-state index in [1.165, 1.54) is 12.8 Å². The third kappa shape index (κ3) is 3.66. The first-order chi connectivity index (χ1) is 8.25. The normalized spacial score (nSPS) is 21.6. The highest BCUT2D eigenvalue weighted by atomic mass is 15.2. The van der Waals surface area contributed by atoms with Gasteiger partial charge in [0.25, 0.3) is 0 Å². The van der Waals surface area contributed by atoms with Gasteiger partial charge in [0.2, 0.25) is 0 Å². The molecule has 1 aromatic rings. The van der Waals surface area contributed by atoms with Crippen LogP contribution in [0.15, 0.2) is 18.7 Å². The van der Waals surface area contributed by atoms with Crippen LogP contribution in [0.1, 0.15) is 26.7 Å². The average Bonchev–Trinajstić information content (AvgIpc) is 2.55. The Bertz CT molecular complexity index is 325. The minimum absolute atomic E-state index is 0.581. The van der Waals surface area contributed by atoms with Crippen LogP contribution in [-0.2, 0) is 0 Å². The van der Waals surface area contributed by atoms with Gasteiger partial charge in [-0.2, -0.15) is 0 Å². The second kappa shape index (κ2) is 5.96. The predicted molar refractivity (Wildman–Crippen MR) is 70.1 cm³/mol. The van der Waals surface area contributed by atoms with Crippen molar-refractivity contribution in [3.05, 3.63) is 18.7 Å². The first kappa shape index (κ1) is 12.3. The van der Waals surface area contributed by atoms with Crippen molar-refractivity contribution in [2.24, 2.45) is 5.92 Å². The van der Waals surface area contributed by atoms with Gasteiger partial charge in [-0.15, -0.1) is 0 Å². The van der Waals surface area contributed by atoms with Crippen molar-refractivity contribution < 1.29 is 0 Å². The Morgan fingerprint density at radius 2 is 2.18 bits per heavy atom. The summed E-state index contributed by atoms with van der Waals surface area (Å²) in [7, 11) is 0. The van der Waals surface area contributed by atoms with Crippen molar-refractivity contribution in [2.45, 2.75) is 32.7 Å². The van der Waals surface area contributed by atoms with Crippen molar-refractivity contribution in [1.29, 1.82) is 0 Å². The molecule has 1 unspecified atom stereocenters. The highest BCUT2D eigenvalue weighted by Crippen LogP contribution is 2.16. The monoisotopic (exact) mass is 234 g/mol. The largest absolute Gasteiger partial charge is 0.367 e. The minimum atomic E-state index is 0.581. The number of nitrogens with one attached hydrogen (secondary N) is 1. The molecule has 1 aliphatic rings. The summed E-state index contributed by atoms with van der Waals surface area (Å²) in [6.45, 7) is 7.83. The lowest BCUT2D eigenvalue weighted by atomic mass is 10.0. The molecule has 0 spiro atoms. The Labute approximate surface area is 103 Å². The van der Waals surface area contributed by atoms with Gasteiger partial charge >= 0.3 is 0 Å². The molecule has 94 valence electrons. The second-order valence-electron chi connectivity index (χ2n) is 5.18. The van der Waals surface area contributed by atoms with Crippen LogP contribution in [0.3, 0.4) is 0 Å². The Kier molecular flexibility index (Phi) is 4.31. The number of hydrogen-bond acceptors (Lipinski definition) is 4. The summed E-state index contributed by atoms with van der Waals surface area (Å²) < 4.78 is 0. The molecule has 0 saturated carbocycles. The van der Waals surface area contributed by atoms with E-state index in [-0.39, 0.29) is 0 Å². The maximum Gasteiger partial charge on any atom is 0.115 e. The maximum absolute atomic E-state index is 4.10. The molecule has 1 aliphatic heterocycles. The van der Waals surface area contributed by atoms with Crippen LogP contribution in [0.2, 0.25) is 0 Å². The summed E-state index contributed by atoms with van der Waals surface area (Å²) in [5.74, 6) is 0.736. The van der Waals surface area contributed by atoms with E-state index in [0.29, 0.717) is 6.04 Å². The van der Waals surface area contributed by atoms with Gasteiger partial charge in [0, 0.05) is 19.1 Å². The highest BCUT2D eigenvalue weighted by Gasteiger charge is 2.18. The number of rotatable bonds is 3. The molecule has 1 fully saturated rings. The molecule has 1 atom stereocenters. The van der Waals surface area contributed by atoms with E-state index in [1.807, 2.05) is 12.4 Å². The van der Waals surface area contributed by atoms with Crippen molar-refractivity contribution in [1.82, 2.24) is 15.3 Å². The Morgan fingerprint density at radius 1 is 1.41 bits per heavy atom. The van der Waals surface area contributed by atoms with Gasteiger partial charge < -0.3 is 10.2 Å². The summed E-state index contributed by atoms with van der Waals surface area (Å²) in [4.78, 5) is 10.6. The summed E-state index contributed by atoms with van der Waals surface area (Å²) in [5, 5.41) is 3.63. The molecule has 1 N–H and O–H groups in total. The third-order valence-corrected chi connectivity index (χ3v) is 3.15. The zero-order valence-electron chi connectivity index (χ0n) is 10.8. The summed E-state index contributed by atoms with van der Waals surface area (Å²) >= 11 is 0. The van der Waals surface area contributed by atoms with E-state index in [4.69, 9.17) is 0 Å². The van der Waals surface area contributed by atoms with E-state index in [9.17, 15) is 0 Å². The molecule has 4 heteroatoms. The maximum atomic E-state index is 4.10. The zero-order chi connectivity index (χ0) is 12.1. The van der Waals surface area contributed by atoms with Crippen LogP contribution in [0.4, 0.5) is 5.69 Å². The third-order valence-electron chi connectivity index (χ3n) is 3.15. The molecule has 0 bridgehead atoms. The molecule has 2 rings (SSSR count). The molecule has 17 heavy (non-hydrogen) atoms. The van der Waals surface area contributed by atoms with Crippen LogP contribution in [0.5, 0.6) is 0 Å². The van der Waals surface area contributed by atoms with Crippen molar-refractivity contribution in [3.8, 4) is 0 Å². The zero-order valence-corrected chi connectivity index (χ0v) is 10.8. The number of aromatic nitrogens is 2. The quantitative estimate of drug-likeness (QED) is 0.864. The first-order valence-electron chi connectivity index (χ1n) is 6.49. The van der Waals surface area contributed by atoms with E-state index in [0.717, 1.165) is 31.2 Å². The number of anilines is 1. The average molecular weight is 234 g/mol. The molecule has 1 aromatic heterocycles. The van der Waals surface area contributed by atoms with E-state index in [2.05, 4.69) is 34.0 Å². The lowest BCUT2D eigenvalue weighted by Gasteiger charge is -2.26. The Hall–Kier alpha value is -1.16. The van der Waals surface area contributed by atoms with Crippen molar-refractivity contribution in [3.63, 3.8) is 0 Å². The molecule has 4 nitrogen and oxygen atoms in total. The van der Waals surface area contributed by atoms with Gasteiger partial charge in [0.1, 0.15) is 6.33 Å². The lowest BCUT2D eigenvalue weighted by Crippen LogP contribution is -2.38. The summed E-state index contributed by atoms with van der Waals surface area (Å²) in [5.41, 5.74) is 1.14. The second-order valence-corrected chi connectivity index (χ2v) is 5.18. The fourth-order valence-corrected chi connectivity index (χ4v) is 2.41. The first-order valence-corrected chi connectivity index (χ1v) is 6.49. The van der Waals surface area contributed by atoms with Crippen molar-refractivity contribution >= 4 is 5.69 Å². The fourth-order valence-electron chi connectivity index (χ4n) is 2.41. The van der Waals surface area contributed by atoms with Crippen LogP contribution in [-0.4, -0.2) is 35.6 Å². The SMILES string of the molecule is CC(C)CC1CN(c2cncnc2)CCCN1. The molecular weight excluding hydrogens is 212 g/mol. The van der Waals surface area contributed by atoms with Crippen LogP contribution in [0.25, 0.3) is 0 Å². The van der Waals surface area contributed by atoms with Gasteiger partial charge in [0.05, 0.1) is 18.1 Å². The van der Waals surface area contributed by atoms with Gasteiger partial charge in [-0.1, -0.05) is 13.8 Å². The molecule has 0 aliphatic carbocycles. The summed E-state index contributed by atoms with van der Waals surface area (Å²) in [6, 6.07) is 0.581. The molecule has 0 aromatic carbocycles. The fraction of sp³-hybridized carbons (Fsp3) is 0.692. The van der Waals surface area contributed by atoms with E-state index in [1.54, 1.807) is 6.33 Å². The van der Waals surface area contributed by atoms with Crippen LogP contribution < -0.4 is 10.2 Å². The number of hydrogen-bond donors (Lipinski definition) is 1. The molecule has 0 amide bonds. The van der Waals surface area contributed by atoms with Crippen molar-refractivity contribution in [2.75, 3.05) is 24.5 Å². The minimum Gasteiger partial charge on any atom is -0.367 e. The van der Waals surface area contributed by atoms with Gasteiger partial charge in [-0.25, -0.2) is 9.97 Å². The van der Waals surface area contributed by atoms with Crippen LogP contribution >= 0.6 is 0 Å². The summed E-state index contributed by atoms with van der Waals surface area (Å²) in [6.07, 6.45) is 7.81. The molecular formula is C13H22N4. The smallest absolute Gasteiger partial charge is 0.115 e. The molecule has 1 saturated heterocycles. The standard InChI is InChI=1S/C13H22N4/c1-11(2)6-12-9-17(5-3-4-16-12)13-7-14-10-15-8-13/h7-8,10-12,16H,3-6,9H2,1-2H3. The number of nitrogens with zero attached hydrogens (tertiary/aromatic N) is 3. The molecule has 0 radical (unpaired) electrons. The van der Waals surface area contributed by atoms with Crippen LogP contribution in [0, 0.1) is 5.92 Å². The van der Waals surface area contributed by atoms with E-state index < -0.39 is 0 Å².